The Morgan fingerprint density at radius 3 is 2.52 bits per heavy atom. The summed E-state index contributed by atoms with van der Waals surface area (Å²) in [5.41, 5.74) is 0.553. The largest absolute Gasteiger partial charge is 0.492 e. The maximum atomic E-state index is 14.2. The van der Waals surface area contributed by atoms with Crippen molar-refractivity contribution < 1.29 is 13.9 Å². The van der Waals surface area contributed by atoms with Crippen LogP contribution < -0.4 is 4.74 Å². The quantitative estimate of drug-likeness (QED) is 0.764. The van der Waals surface area contributed by atoms with Crippen LogP contribution >= 0.6 is 0 Å². The van der Waals surface area contributed by atoms with Crippen molar-refractivity contribution in [2.45, 2.75) is 12.8 Å². The lowest BCUT2D eigenvalue weighted by Crippen LogP contribution is -2.25. The average Bonchev–Trinajstić information content (AvgIpc) is 3.09. The van der Waals surface area contributed by atoms with Gasteiger partial charge < -0.3 is 4.74 Å². The van der Waals surface area contributed by atoms with E-state index in [1.54, 1.807) is 30.3 Å². The van der Waals surface area contributed by atoms with Crippen molar-refractivity contribution >= 4 is 5.78 Å². The van der Waals surface area contributed by atoms with E-state index in [9.17, 15) is 9.18 Å². The molecule has 0 spiro atoms. The fourth-order valence-corrected chi connectivity index (χ4v) is 2.81. The number of ketones is 1. The van der Waals surface area contributed by atoms with Crippen molar-refractivity contribution in [2.24, 2.45) is 0 Å². The monoisotopic (exact) mass is 313 g/mol. The van der Waals surface area contributed by atoms with Crippen molar-refractivity contribution in [3.8, 4) is 5.75 Å². The van der Waals surface area contributed by atoms with Gasteiger partial charge in [0.15, 0.2) is 5.78 Å². The second-order valence-electron chi connectivity index (χ2n) is 5.73. The lowest BCUT2D eigenvalue weighted by Gasteiger charge is -2.15. The summed E-state index contributed by atoms with van der Waals surface area (Å²) in [6, 6.07) is 13.2. The first-order valence-electron chi connectivity index (χ1n) is 7.98. The molecule has 0 saturated carbocycles. The Morgan fingerprint density at radius 2 is 1.83 bits per heavy atom. The Labute approximate surface area is 135 Å². The molecule has 120 valence electrons. The lowest BCUT2D eigenvalue weighted by molar-refractivity contribution is 0.103. The SMILES string of the molecule is O=C(c1ccccc1)c1ccc(OCCN2CCCC2)cc1F. The predicted octanol–water partition coefficient (Wildman–Crippen LogP) is 3.53. The van der Waals surface area contributed by atoms with Crippen LogP contribution in [0.15, 0.2) is 48.5 Å². The van der Waals surface area contributed by atoms with Crippen LogP contribution in [0, 0.1) is 5.82 Å². The third kappa shape index (κ3) is 3.96. The smallest absolute Gasteiger partial charge is 0.195 e. The van der Waals surface area contributed by atoms with Gasteiger partial charge >= 0.3 is 0 Å². The van der Waals surface area contributed by atoms with Gasteiger partial charge in [-0.05, 0) is 38.1 Å². The van der Waals surface area contributed by atoms with Gasteiger partial charge in [0.25, 0.3) is 0 Å². The maximum absolute atomic E-state index is 14.2. The maximum Gasteiger partial charge on any atom is 0.195 e. The van der Waals surface area contributed by atoms with E-state index >= 15 is 0 Å². The van der Waals surface area contributed by atoms with Crippen LogP contribution in [0.1, 0.15) is 28.8 Å². The third-order valence-corrected chi connectivity index (χ3v) is 4.10. The van der Waals surface area contributed by atoms with Gasteiger partial charge in [-0.15, -0.1) is 0 Å². The molecule has 0 N–H and O–H groups in total. The van der Waals surface area contributed by atoms with Crippen LogP contribution in [0.2, 0.25) is 0 Å². The summed E-state index contributed by atoms with van der Waals surface area (Å²) in [7, 11) is 0. The normalized spacial score (nSPS) is 14.8. The first kappa shape index (κ1) is 15.7. The number of hydrogen-bond acceptors (Lipinski definition) is 3. The van der Waals surface area contributed by atoms with Gasteiger partial charge in [-0.2, -0.15) is 0 Å². The molecule has 4 heteroatoms. The Bertz CT molecular complexity index is 666. The molecule has 1 saturated heterocycles. The van der Waals surface area contributed by atoms with E-state index in [1.165, 1.54) is 25.0 Å². The van der Waals surface area contributed by atoms with Crippen LogP contribution in [-0.4, -0.2) is 36.9 Å². The molecule has 3 nitrogen and oxygen atoms in total. The second kappa shape index (κ2) is 7.38. The van der Waals surface area contributed by atoms with E-state index in [4.69, 9.17) is 4.74 Å². The van der Waals surface area contributed by atoms with E-state index < -0.39 is 5.82 Å². The first-order chi connectivity index (χ1) is 11.2. The van der Waals surface area contributed by atoms with Crippen molar-refractivity contribution in [1.82, 2.24) is 4.90 Å². The molecule has 0 unspecified atom stereocenters. The summed E-state index contributed by atoms with van der Waals surface area (Å²) in [6.07, 6.45) is 2.48. The summed E-state index contributed by atoms with van der Waals surface area (Å²) in [4.78, 5) is 14.6. The van der Waals surface area contributed by atoms with Gasteiger partial charge in [0, 0.05) is 18.2 Å². The highest BCUT2D eigenvalue weighted by atomic mass is 19.1. The van der Waals surface area contributed by atoms with E-state index in [-0.39, 0.29) is 11.3 Å². The molecule has 1 aliphatic rings. The van der Waals surface area contributed by atoms with Crippen LogP contribution in [0.25, 0.3) is 0 Å². The van der Waals surface area contributed by atoms with E-state index in [0.717, 1.165) is 19.6 Å². The van der Waals surface area contributed by atoms with Crippen molar-refractivity contribution in [3.63, 3.8) is 0 Å². The molecule has 0 amide bonds. The molecule has 0 aromatic heterocycles. The highest BCUT2D eigenvalue weighted by molar-refractivity contribution is 6.09. The Kier molecular flexibility index (Phi) is 5.03. The molecule has 1 heterocycles. The van der Waals surface area contributed by atoms with E-state index in [0.29, 0.717) is 17.9 Å². The number of benzene rings is 2. The third-order valence-electron chi connectivity index (χ3n) is 4.10. The lowest BCUT2D eigenvalue weighted by atomic mass is 10.0. The second-order valence-corrected chi connectivity index (χ2v) is 5.73. The van der Waals surface area contributed by atoms with Gasteiger partial charge in [-0.3, -0.25) is 9.69 Å². The molecule has 23 heavy (non-hydrogen) atoms. The zero-order valence-electron chi connectivity index (χ0n) is 13.0. The van der Waals surface area contributed by atoms with Gasteiger partial charge in [-0.1, -0.05) is 30.3 Å². The summed E-state index contributed by atoms with van der Waals surface area (Å²) in [6.45, 7) is 3.61. The molecule has 3 rings (SSSR count). The minimum Gasteiger partial charge on any atom is -0.492 e. The molecule has 0 bridgehead atoms. The molecule has 1 aliphatic heterocycles. The Morgan fingerprint density at radius 1 is 1.09 bits per heavy atom. The molecule has 0 aliphatic carbocycles. The standard InChI is InChI=1S/C19H20FNO2/c20-18-14-16(23-13-12-21-10-4-5-11-21)8-9-17(18)19(22)15-6-2-1-3-7-15/h1-3,6-9,14H,4-5,10-13H2. The number of rotatable bonds is 6. The number of ether oxygens (including phenoxy) is 1. The molecule has 0 atom stereocenters. The first-order valence-corrected chi connectivity index (χ1v) is 7.98. The zero-order chi connectivity index (χ0) is 16.1. The summed E-state index contributed by atoms with van der Waals surface area (Å²) in [5, 5.41) is 0. The predicted molar refractivity (Wildman–Crippen MR) is 87.4 cm³/mol. The summed E-state index contributed by atoms with van der Waals surface area (Å²) >= 11 is 0. The van der Waals surface area contributed by atoms with Gasteiger partial charge in [0.05, 0.1) is 5.56 Å². The fraction of sp³-hybridized carbons (Fsp3) is 0.316. The topological polar surface area (TPSA) is 29.5 Å². The number of carbonyl (C=O) groups is 1. The van der Waals surface area contributed by atoms with Crippen molar-refractivity contribution in [1.29, 1.82) is 0 Å². The molecule has 0 radical (unpaired) electrons. The molecule has 1 fully saturated rings. The van der Waals surface area contributed by atoms with Gasteiger partial charge in [-0.25, -0.2) is 4.39 Å². The zero-order valence-corrected chi connectivity index (χ0v) is 13.0. The highest BCUT2D eigenvalue weighted by Crippen LogP contribution is 2.20. The van der Waals surface area contributed by atoms with Crippen LogP contribution in [0.4, 0.5) is 4.39 Å². The number of carbonyl (C=O) groups excluding carboxylic acids is 1. The summed E-state index contributed by atoms with van der Waals surface area (Å²) < 4.78 is 19.8. The molecular formula is C19H20FNO2. The van der Waals surface area contributed by atoms with E-state index in [1.807, 2.05) is 6.07 Å². The molecular weight excluding hydrogens is 293 g/mol. The van der Waals surface area contributed by atoms with Crippen LogP contribution in [0.5, 0.6) is 5.75 Å². The number of halogens is 1. The fourth-order valence-electron chi connectivity index (χ4n) is 2.81. The van der Waals surface area contributed by atoms with Crippen LogP contribution in [-0.2, 0) is 0 Å². The number of nitrogens with zero attached hydrogens (tertiary/aromatic N) is 1. The minimum atomic E-state index is -0.544. The van der Waals surface area contributed by atoms with Crippen molar-refractivity contribution in [2.75, 3.05) is 26.2 Å². The highest BCUT2D eigenvalue weighted by Gasteiger charge is 2.15. The van der Waals surface area contributed by atoms with Gasteiger partial charge in [0.1, 0.15) is 18.2 Å². The minimum absolute atomic E-state index is 0.0723. The molecule has 2 aromatic rings. The Hall–Kier alpha value is -2.20. The van der Waals surface area contributed by atoms with Crippen LogP contribution in [0.3, 0.4) is 0 Å². The number of likely N-dealkylation sites (tertiary alicyclic amines) is 1. The van der Waals surface area contributed by atoms with Crippen molar-refractivity contribution in [3.05, 3.63) is 65.5 Å². The number of hydrogen-bond donors (Lipinski definition) is 0. The molecule has 2 aromatic carbocycles. The average molecular weight is 313 g/mol. The van der Waals surface area contributed by atoms with E-state index in [2.05, 4.69) is 4.90 Å². The van der Waals surface area contributed by atoms with Gasteiger partial charge in [0.2, 0.25) is 0 Å². The summed E-state index contributed by atoms with van der Waals surface area (Å²) in [5.74, 6) is -0.393. The Balaban J connectivity index is 1.62.